The van der Waals surface area contributed by atoms with Crippen LogP contribution in [0.4, 0.5) is 10.1 Å². The molecular weight excluding hydrogens is 525 g/mol. The van der Waals surface area contributed by atoms with Gasteiger partial charge in [0, 0.05) is 19.7 Å². The van der Waals surface area contributed by atoms with Crippen LogP contribution in [0.25, 0.3) is 0 Å². The third-order valence-corrected chi connectivity index (χ3v) is 7.13. The third kappa shape index (κ3) is 6.70. The van der Waals surface area contributed by atoms with E-state index in [9.17, 15) is 18.8 Å². The fourth-order valence-corrected chi connectivity index (χ4v) is 5.09. The number of nitrogens with zero attached hydrogens (tertiary/aromatic N) is 2. The fourth-order valence-electron chi connectivity index (χ4n) is 4.33. The van der Waals surface area contributed by atoms with Crippen molar-refractivity contribution in [2.75, 3.05) is 25.5 Å². The Hall–Kier alpha value is -4.03. The van der Waals surface area contributed by atoms with Crippen LogP contribution in [0.5, 0.6) is 5.75 Å². The van der Waals surface area contributed by atoms with Crippen LogP contribution >= 0.6 is 11.5 Å². The number of halogens is 1. The molecule has 39 heavy (non-hydrogen) atoms. The summed E-state index contributed by atoms with van der Waals surface area (Å²) in [5.41, 5.74) is 12.1. The molecule has 3 amide bonds. The van der Waals surface area contributed by atoms with Gasteiger partial charge in [-0.25, -0.2) is 4.39 Å². The zero-order valence-electron chi connectivity index (χ0n) is 21.4. The van der Waals surface area contributed by atoms with Crippen molar-refractivity contribution in [3.05, 3.63) is 76.0 Å². The van der Waals surface area contributed by atoms with Crippen molar-refractivity contribution in [2.45, 2.75) is 38.5 Å². The van der Waals surface area contributed by atoms with Crippen molar-refractivity contribution in [1.29, 1.82) is 0 Å². The van der Waals surface area contributed by atoms with Crippen LogP contribution in [0.1, 0.15) is 57.1 Å². The molecule has 0 saturated carbocycles. The van der Waals surface area contributed by atoms with Gasteiger partial charge in [-0.3, -0.25) is 14.4 Å². The lowest BCUT2D eigenvalue weighted by Gasteiger charge is -2.31. The molecule has 0 unspecified atom stereocenters. The van der Waals surface area contributed by atoms with Gasteiger partial charge in [0.05, 0.1) is 18.4 Å². The van der Waals surface area contributed by atoms with Crippen molar-refractivity contribution in [3.8, 4) is 5.75 Å². The van der Waals surface area contributed by atoms with E-state index in [2.05, 4.69) is 9.69 Å². The highest BCUT2D eigenvalue weighted by molar-refractivity contribution is 7.09. The maximum atomic E-state index is 14.0. The predicted octanol–water partition coefficient (Wildman–Crippen LogP) is 3.04. The first-order chi connectivity index (χ1) is 18.8. The van der Waals surface area contributed by atoms with E-state index in [1.54, 1.807) is 24.3 Å². The summed E-state index contributed by atoms with van der Waals surface area (Å²) in [6.45, 7) is 3.17. The number of nitrogens with one attached hydrogen (secondary N) is 1. The number of rotatable bonds is 11. The minimum Gasteiger partial charge on any atom is -0.494 e. The molecule has 0 bridgehead atoms. The molecule has 1 aliphatic rings. The fraction of sp³-hybridized carbons (Fsp3) is 0.333. The summed E-state index contributed by atoms with van der Waals surface area (Å²) in [6.07, 6.45) is 1.61. The lowest BCUT2D eigenvalue weighted by molar-refractivity contribution is -0.126. The molecule has 2 heterocycles. The third-order valence-electron chi connectivity index (χ3n) is 6.28. The Kier molecular flexibility index (Phi) is 9.10. The Labute approximate surface area is 229 Å². The monoisotopic (exact) mass is 555 g/mol. The Morgan fingerprint density at radius 2 is 1.92 bits per heavy atom. The molecule has 2 atom stereocenters. The van der Waals surface area contributed by atoms with Gasteiger partial charge in [-0.15, -0.1) is 0 Å². The van der Waals surface area contributed by atoms with Crippen LogP contribution < -0.4 is 21.5 Å². The summed E-state index contributed by atoms with van der Waals surface area (Å²) in [4.78, 5) is 40.8. The number of aromatic nitrogens is 1. The number of amides is 3. The zero-order chi connectivity index (χ0) is 27.9. The lowest BCUT2D eigenvalue weighted by Crippen LogP contribution is -2.45. The van der Waals surface area contributed by atoms with Gasteiger partial charge in [-0.05, 0) is 66.7 Å². The highest BCUT2D eigenvalue weighted by Crippen LogP contribution is 2.31. The topological polar surface area (TPSA) is 150 Å². The number of carbonyl (C=O) groups is 3. The van der Waals surface area contributed by atoms with Crippen LogP contribution in [-0.2, 0) is 16.1 Å². The number of ether oxygens (including phenoxy) is 2. The molecule has 5 N–H and O–H groups in total. The van der Waals surface area contributed by atoms with E-state index < -0.39 is 29.6 Å². The minimum absolute atomic E-state index is 0.0335. The molecule has 2 aromatic carbocycles. The molecule has 206 valence electrons. The van der Waals surface area contributed by atoms with Gasteiger partial charge in [0.25, 0.3) is 11.8 Å². The normalized spacial score (nSPS) is 15.5. The molecule has 4 rings (SSSR count). The van der Waals surface area contributed by atoms with Gasteiger partial charge < -0.3 is 31.2 Å². The Morgan fingerprint density at radius 3 is 2.51 bits per heavy atom. The Balaban J connectivity index is 1.75. The predicted molar refractivity (Wildman–Crippen MR) is 144 cm³/mol. The maximum Gasteiger partial charge on any atom is 0.270 e. The molecule has 0 spiro atoms. The molecule has 0 aliphatic carbocycles. The van der Waals surface area contributed by atoms with Gasteiger partial charge in [0.15, 0.2) is 5.69 Å². The molecule has 12 heteroatoms. The van der Waals surface area contributed by atoms with Crippen LogP contribution in [0.3, 0.4) is 0 Å². The van der Waals surface area contributed by atoms with Gasteiger partial charge >= 0.3 is 0 Å². The molecular formula is C27H30FN5O5S. The largest absolute Gasteiger partial charge is 0.494 e. The van der Waals surface area contributed by atoms with Gasteiger partial charge in [-0.2, -0.15) is 4.37 Å². The first-order valence-electron chi connectivity index (χ1n) is 12.5. The second-order valence-corrected chi connectivity index (χ2v) is 9.76. The number of anilines is 1. The van der Waals surface area contributed by atoms with Gasteiger partial charge in [-0.1, -0.05) is 24.3 Å². The second kappa shape index (κ2) is 12.7. The van der Waals surface area contributed by atoms with E-state index in [0.717, 1.165) is 24.4 Å². The summed E-state index contributed by atoms with van der Waals surface area (Å²) < 4.78 is 28.8. The number of hydrogen-bond acceptors (Lipinski definition) is 8. The summed E-state index contributed by atoms with van der Waals surface area (Å²) >= 11 is 0.722. The molecule has 3 aromatic rings. The van der Waals surface area contributed by atoms with Crippen LogP contribution in [0.15, 0.2) is 48.5 Å². The summed E-state index contributed by atoms with van der Waals surface area (Å²) in [7, 11) is 0. The van der Waals surface area contributed by atoms with Crippen LogP contribution in [0, 0.1) is 5.82 Å². The number of hydrogen-bond donors (Lipinski definition) is 3. The maximum absolute atomic E-state index is 14.0. The molecule has 1 aromatic heterocycles. The van der Waals surface area contributed by atoms with E-state index in [4.69, 9.17) is 20.9 Å². The Bertz CT molecular complexity index is 1310. The molecule has 1 saturated heterocycles. The SMILES string of the molecule is CCOc1ccc([C@@H](C(=O)NC[C@@H]2CCCO2)N(Cc2ccc(F)cc2)C(=O)c2snc(C(N)=O)c2N)cc1. The zero-order valence-corrected chi connectivity index (χ0v) is 22.2. The highest BCUT2D eigenvalue weighted by atomic mass is 32.1. The summed E-state index contributed by atoms with van der Waals surface area (Å²) in [5.74, 6) is -1.78. The number of nitrogen functional groups attached to an aromatic ring is 1. The number of nitrogens with two attached hydrogens (primary N) is 2. The lowest BCUT2D eigenvalue weighted by atomic mass is 10.0. The average Bonchev–Trinajstić information content (AvgIpc) is 3.59. The molecule has 10 nitrogen and oxygen atoms in total. The number of carbonyl (C=O) groups excluding carboxylic acids is 3. The summed E-state index contributed by atoms with van der Waals surface area (Å²) in [5, 5.41) is 2.92. The molecule has 1 fully saturated rings. The van der Waals surface area contributed by atoms with E-state index >= 15 is 0 Å². The van der Waals surface area contributed by atoms with Gasteiger partial charge in [0.1, 0.15) is 22.5 Å². The van der Waals surface area contributed by atoms with Crippen molar-refractivity contribution < 1.29 is 28.2 Å². The summed E-state index contributed by atoms with van der Waals surface area (Å²) in [6, 6.07) is 11.3. The van der Waals surface area contributed by atoms with Crippen molar-refractivity contribution in [1.82, 2.24) is 14.6 Å². The standard InChI is InChI=1S/C27H30FN5O5S/c1-2-37-19-11-7-17(8-12-19)23(26(35)31-14-20-4-3-13-38-20)33(15-16-5-9-18(28)10-6-16)27(36)24-21(29)22(25(30)34)32-39-24/h5-12,20,23H,2-4,13-15,29H2,1H3,(H2,30,34)(H,31,35)/t20-,23-/m0/s1. The van der Waals surface area contributed by atoms with Gasteiger partial charge in [0.2, 0.25) is 5.91 Å². The smallest absolute Gasteiger partial charge is 0.270 e. The first kappa shape index (κ1) is 28.0. The van der Waals surface area contributed by atoms with Crippen molar-refractivity contribution in [2.24, 2.45) is 5.73 Å². The van der Waals surface area contributed by atoms with Crippen LogP contribution in [-0.4, -0.2) is 52.9 Å². The average molecular weight is 556 g/mol. The van der Waals surface area contributed by atoms with Crippen LogP contribution in [0.2, 0.25) is 0 Å². The second-order valence-electron chi connectivity index (χ2n) is 8.98. The quantitative estimate of drug-likeness (QED) is 0.329. The number of benzene rings is 2. The van der Waals surface area contributed by atoms with E-state index in [1.807, 2.05) is 6.92 Å². The number of primary amides is 1. The van der Waals surface area contributed by atoms with E-state index in [0.29, 0.717) is 30.1 Å². The molecule has 0 radical (unpaired) electrons. The minimum atomic E-state index is -1.11. The van der Waals surface area contributed by atoms with Crippen molar-refractivity contribution in [3.63, 3.8) is 0 Å². The highest BCUT2D eigenvalue weighted by Gasteiger charge is 2.35. The van der Waals surface area contributed by atoms with E-state index in [-0.39, 0.29) is 35.5 Å². The first-order valence-corrected chi connectivity index (χ1v) is 13.3. The Morgan fingerprint density at radius 1 is 1.21 bits per heavy atom. The van der Waals surface area contributed by atoms with Crippen molar-refractivity contribution >= 4 is 34.9 Å². The van der Waals surface area contributed by atoms with E-state index in [1.165, 1.54) is 29.2 Å². The molecule has 1 aliphatic heterocycles.